The molecule has 0 saturated carbocycles. The number of fused-ring (bicyclic) bond motifs is 1. The highest BCUT2D eigenvalue weighted by Crippen LogP contribution is 2.34. The molecule has 0 aromatic carbocycles. The third-order valence-corrected chi connectivity index (χ3v) is 5.12. The van der Waals surface area contributed by atoms with Crippen molar-refractivity contribution >= 4 is 27.4 Å². The van der Waals surface area contributed by atoms with Gasteiger partial charge in [-0.1, -0.05) is 20.3 Å². The maximum Gasteiger partial charge on any atom is 0.165 e. The Bertz CT molecular complexity index is 861. The van der Waals surface area contributed by atoms with Crippen LogP contribution >= 0.6 is 15.9 Å². The smallest absolute Gasteiger partial charge is 0.165 e. The van der Waals surface area contributed by atoms with Crippen LogP contribution < -0.4 is 11.1 Å². The molecule has 1 saturated heterocycles. The summed E-state index contributed by atoms with van der Waals surface area (Å²) in [6.45, 7) is 5.01. The number of piperidine rings is 1. The van der Waals surface area contributed by atoms with Gasteiger partial charge in [-0.2, -0.15) is 14.7 Å². The summed E-state index contributed by atoms with van der Waals surface area (Å²) < 4.78 is 4.27. The highest BCUT2D eigenvalue weighted by atomic mass is 79.9. The molecule has 1 unspecified atom stereocenters. The maximum absolute atomic E-state index is 6.29. The SMILES string of the molecule is CC.Cn1cc(-c2cnn3c(N)c(Br)c(C4CCCCN4)nc23)cn1. The molecule has 4 heterocycles. The van der Waals surface area contributed by atoms with Gasteiger partial charge in [0.2, 0.25) is 0 Å². The molecule has 8 heteroatoms. The van der Waals surface area contributed by atoms with Gasteiger partial charge in [-0.15, -0.1) is 0 Å². The molecule has 7 nitrogen and oxygen atoms in total. The monoisotopic (exact) mass is 405 g/mol. The van der Waals surface area contributed by atoms with Crippen molar-refractivity contribution < 1.29 is 0 Å². The largest absolute Gasteiger partial charge is 0.383 e. The molecule has 1 aliphatic rings. The number of anilines is 1. The number of nitrogens with two attached hydrogens (primary N) is 1. The third-order valence-electron chi connectivity index (χ3n) is 4.30. The van der Waals surface area contributed by atoms with Crippen molar-refractivity contribution in [1.82, 2.24) is 29.7 Å². The van der Waals surface area contributed by atoms with Crippen molar-refractivity contribution in [1.29, 1.82) is 0 Å². The number of nitrogens with zero attached hydrogens (tertiary/aromatic N) is 5. The lowest BCUT2D eigenvalue weighted by Gasteiger charge is -2.24. The van der Waals surface area contributed by atoms with E-state index in [4.69, 9.17) is 10.7 Å². The fraction of sp³-hybridized carbons (Fsp3) is 0.471. The third kappa shape index (κ3) is 3.28. The van der Waals surface area contributed by atoms with Crippen LogP contribution in [0.1, 0.15) is 44.8 Å². The van der Waals surface area contributed by atoms with E-state index in [9.17, 15) is 0 Å². The lowest BCUT2D eigenvalue weighted by atomic mass is 10.0. The zero-order valence-electron chi connectivity index (χ0n) is 14.8. The lowest BCUT2D eigenvalue weighted by molar-refractivity contribution is 0.404. The Morgan fingerprint density at radius 3 is 2.68 bits per heavy atom. The van der Waals surface area contributed by atoms with Crippen LogP contribution in [0.4, 0.5) is 5.82 Å². The van der Waals surface area contributed by atoms with E-state index in [1.165, 1.54) is 12.8 Å². The van der Waals surface area contributed by atoms with E-state index >= 15 is 0 Å². The first-order chi connectivity index (χ1) is 12.1. The maximum atomic E-state index is 6.29. The van der Waals surface area contributed by atoms with E-state index in [1.54, 1.807) is 15.4 Å². The first kappa shape index (κ1) is 17.9. The lowest BCUT2D eigenvalue weighted by Crippen LogP contribution is -2.28. The van der Waals surface area contributed by atoms with E-state index in [0.717, 1.165) is 39.9 Å². The van der Waals surface area contributed by atoms with E-state index in [1.807, 2.05) is 33.3 Å². The quantitative estimate of drug-likeness (QED) is 0.682. The molecule has 25 heavy (non-hydrogen) atoms. The Kier molecular flexibility index (Phi) is 5.39. The number of hydrogen-bond donors (Lipinski definition) is 2. The average molecular weight is 406 g/mol. The topological polar surface area (TPSA) is 86.1 Å². The molecule has 3 aromatic heterocycles. The molecule has 4 rings (SSSR count). The Hall–Kier alpha value is -1.93. The number of aromatic nitrogens is 5. The molecular formula is C17H24BrN7. The fourth-order valence-electron chi connectivity index (χ4n) is 3.09. The summed E-state index contributed by atoms with van der Waals surface area (Å²) in [7, 11) is 1.89. The number of halogens is 1. The second kappa shape index (κ2) is 7.53. The van der Waals surface area contributed by atoms with Crippen LogP contribution in [0.5, 0.6) is 0 Å². The Morgan fingerprint density at radius 2 is 2.04 bits per heavy atom. The summed E-state index contributed by atoms with van der Waals surface area (Å²) >= 11 is 3.60. The minimum absolute atomic E-state index is 0.224. The van der Waals surface area contributed by atoms with Gasteiger partial charge in [-0.25, -0.2) is 4.98 Å². The van der Waals surface area contributed by atoms with Crippen LogP contribution in [0, 0.1) is 0 Å². The molecule has 0 bridgehead atoms. The van der Waals surface area contributed by atoms with E-state index in [2.05, 4.69) is 31.4 Å². The van der Waals surface area contributed by atoms with Crippen LogP contribution in [0.25, 0.3) is 16.8 Å². The van der Waals surface area contributed by atoms with E-state index < -0.39 is 0 Å². The second-order valence-electron chi connectivity index (χ2n) is 5.90. The van der Waals surface area contributed by atoms with Gasteiger partial charge in [0.15, 0.2) is 5.65 Å². The van der Waals surface area contributed by atoms with Gasteiger partial charge >= 0.3 is 0 Å². The first-order valence-electron chi connectivity index (χ1n) is 8.70. The highest BCUT2D eigenvalue weighted by Gasteiger charge is 2.23. The van der Waals surface area contributed by atoms with Gasteiger partial charge in [-0.05, 0) is 35.3 Å². The van der Waals surface area contributed by atoms with Crippen molar-refractivity contribution in [2.75, 3.05) is 12.3 Å². The van der Waals surface area contributed by atoms with Gasteiger partial charge < -0.3 is 11.1 Å². The average Bonchev–Trinajstić information content (AvgIpc) is 3.26. The van der Waals surface area contributed by atoms with E-state index in [0.29, 0.717) is 5.82 Å². The molecule has 0 amide bonds. The summed E-state index contributed by atoms with van der Waals surface area (Å²) in [6.07, 6.45) is 9.04. The molecule has 134 valence electrons. The van der Waals surface area contributed by atoms with Crippen LogP contribution in [-0.4, -0.2) is 30.9 Å². The van der Waals surface area contributed by atoms with Crippen LogP contribution in [0.3, 0.4) is 0 Å². The minimum atomic E-state index is 0.224. The summed E-state index contributed by atoms with van der Waals surface area (Å²) in [4.78, 5) is 4.88. The summed E-state index contributed by atoms with van der Waals surface area (Å²) in [6, 6.07) is 0.224. The van der Waals surface area contributed by atoms with Gasteiger partial charge in [-0.3, -0.25) is 4.68 Å². The fourth-order valence-corrected chi connectivity index (χ4v) is 3.63. The van der Waals surface area contributed by atoms with Crippen LogP contribution in [0.2, 0.25) is 0 Å². The first-order valence-corrected chi connectivity index (χ1v) is 9.49. The van der Waals surface area contributed by atoms with Gasteiger partial charge in [0.25, 0.3) is 0 Å². The van der Waals surface area contributed by atoms with Crippen molar-refractivity contribution in [3.63, 3.8) is 0 Å². The number of hydrogen-bond acceptors (Lipinski definition) is 5. The second-order valence-corrected chi connectivity index (χ2v) is 6.69. The van der Waals surface area contributed by atoms with Crippen LogP contribution in [-0.2, 0) is 7.05 Å². The molecule has 3 aromatic rings. The molecule has 0 spiro atoms. The van der Waals surface area contributed by atoms with Gasteiger partial charge in [0, 0.05) is 24.4 Å². The molecular weight excluding hydrogens is 382 g/mol. The Balaban J connectivity index is 0.000000880. The van der Waals surface area contributed by atoms with Crippen LogP contribution in [0.15, 0.2) is 23.1 Å². The van der Waals surface area contributed by atoms with E-state index in [-0.39, 0.29) is 6.04 Å². The number of aryl methyl sites for hydroxylation is 1. The zero-order chi connectivity index (χ0) is 18.0. The normalized spacial score (nSPS) is 17.4. The Labute approximate surface area is 155 Å². The molecule has 0 aliphatic carbocycles. The summed E-state index contributed by atoms with van der Waals surface area (Å²) in [5.41, 5.74) is 9.94. The highest BCUT2D eigenvalue weighted by molar-refractivity contribution is 9.10. The van der Waals surface area contributed by atoms with Crippen molar-refractivity contribution in [2.24, 2.45) is 7.05 Å². The van der Waals surface area contributed by atoms with Crippen molar-refractivity contribution in [3.8, 4) is 11.1 Å². The number of rotatable bonds is 2. The van der Waals surface area contributed by atoms with Crippen molar-refractivity contribution in [3.05, 3.63) is 28.8 Å². The molecule has 0 radical (unpaired) electrons. The molecule has 1 fully saturated rings. The summed E-state index contributed by atoms with van der Waals surface area (Å²) in [5, 5.41) is 12.2. The molecule has 1 atom stereocenters. The number of nitrogen functional groups attached to an aromatic ring is 1. The van der Waals surface area contributed by atoms with Crippen molar-refractivity contribution in [2.45, 2.75) is 39.2 Å². The minimum Gasteiger partial charge on any atom is -0.383 e. The standard InChI is InChI=1S/C15H18BrN7.C2H6/c1-22-8-9(6-19-22)10-7-20-23-14(17)12(16)13(21-15(10)23)11-4-2-3-5-18-11;1-2/h6-8,11,18H,2-5,17H2,1H3;1-2H3. The number of nitrogens with one attached hydrogen (secondary N) is 1. The zero-order valence-corrected chi connectivity index (χ0v) is 16.4. The predicted molar refractivity (Wildman–Crippen MR) is 103 cm³/mol. The summed E-state index contributed by atoms with van der Waals surface area (Å²) in [5.74, 6) is 0.576. The van der Waals surface area contributed by atoms with Gasteiger partial charge in [0.1, 0.15) is 5.82 Å². The van der Waals surface area contributed by atoms with Gasteiger partial charge in [0.05, 0.1) is 28.6 Å². The predicted octanol–water partition coefficient (Wildman–Crippen LogP) is 3.32. The Morgan fingerprint density at radius 1 is 1.24 bits per heavy atom. The molecule has 1 aliphatic heterocycles. The molecule has 3 N–H and O–H groups in total.